The van der Waals surface area contributed by atoms with Crippen LogP contribution < -0.4 is 0 Å². The van der Waals surface area contributed by atoms with Crippen LogP contribution in [0, 0.1) is 5.92 Å². The Bertz CT molecular complexity index is 284. The minimum Gasteiger partial charge on any atom is -0.481 e. The number of hydrogen-bond donors (Lipinski definition) is 1. The van der Waals surface area contributed by atoms with E-state index in [1.807, 2.05) is 0 Å². The lowest BCUT2D eigenvalue weighted by Gasteiger charge is -2.21. The lowest BCUT2D eigenvalue weighted by molar-refractivity contribution is -0.143. The Morgan fingerprint density at radius 2 is 2.08 bits per heavy atom. The predicted octanol–water partition coefficient (Wildman–Crippen LogP) is -0.156. The van der Waals surface area contributed by atoms with Crippen molar-refractivity contribution in [2.75, 3.05) is 11.5 Å². The SMILES string of the molecule is O=C(O)[C@@H]1CCS(=O)(=O)C[C@H]1F. The molecule has 0 radical (unpaired) electrons. The van der Waals surface area contributed by atoms with Crippen LogP contribution in [0.3, 0.4) is 0 Å². The van der Waals surface area contributed by atoms with Gasteiger partial charge in [0.05, 0.1) is 17.4 Å². The number of hydrogen-bond acceptors (Lipinski definition) is 3. The highest BCUT2D eigenvalue weighted by Gasteiger charge is 2.37. The van der Waals surface area contributed by atoms with Crippen molar-refractivity contribution in [1.82, 2.24) is 0 Å². The first-order valence-corrected chi connectivity index (χ1v) is 5.32. The number of aliphatic carboxylic acids is 1. The standard InChI is InChI=1S/C6H9FO4S/c7-5-3-12(10,11)2-1-4(5)6(8)9/h4-5H,1-3H2,(H,8,9)/t4-,5-/m1/s1. The fourth-order valence-electron chi connectivity index (χ4n) is 1.21. The summed E-state index contributed by atoms with van der Waals surface area (Å²) in [6.45, 7) is 0. The summed E-state index contributed by atoms with van der Waals surface area (Å²) in [5.41, 5.74) is 0. The van der Waals surface area contributed by atoms with Gasteiger partial charge in [0.2, 0.25) is 0 Å². The lowest BCUT2D eigenvalue weighted by atomic mass is 10.0. The Morgan fingerprint density at radius 1 is 1.50 bits per heavy atom. The van der Waals surface area contributed by atoms with Gasteiger partial charge in [-0.2, -0.15) is 0 Å². The number of carboxylic acids is 1. The number of alkyl halides is 1. The molecule has 12 heavy (non-hydrogen) atoms. The van der Waals surface area contributed by atoms with Gasteiger partial charge in [0.1, 0.15) is 6.17 Å². The quantitative estimate of drug-likeness (QED) is 0.632. The molecular formula is C6H9FO4S. The lowest BCUT2D eigenvalue weighted by Crippen LogP contribution is -2.38. The van der Waals surface area contributed by atoms with Crippen LogP contribution in [0.5, 0.6) is 0 Å². The molecule has 0 amide bonds. The molecule has 0 bridgehead atoms. The molecule has 70 valence electrons. The van der Waals surface area contributed by atoms with Crippen LogP contribution in [0.1, 0.15) is 6.42 Å². The first-order valence-electron chi connectivity index (χ1n) is 3.50. The third-order valence-electron chi connectivity index (χ3n) is 1.91. The first kappa shape index (κ1) is 9.44. The van der Waals surface area contributed by atoms with Gasteiger partial charge < -0.3 is 5.11 Å². The second kappa shape index (κ2) is 3.01. The molecule has 1 aliphatic rings. The highest BCUT2D eigenvalue weighted by molar-refractivity contribution is 7.91. The largest absolute Gasteiger partial charge is 0.481 e. The first-order chi connectivity index (χ1) is 5.42. The van der Waals surface area contributed by atoms with E-state index in [4.69, 9.17) is 5.11 Å². The van der Waals surface area contributed by atoms with Gasteiger partial charge in [-0.05, 0) is 6.42 Å². The topological polar surface area (TPSA) is 71.4 Å². The molecule has 0 saturated carbocycles. The summed E-state index contributed by atoms with van der Waals surface area (Å²) in [5.74, 6) is -3.26. The maximum Gasteiger partial charge on any atom is 0.309 e. The molecule has 0 unspecified atom stereocenters. The van der Waals surface area contributed by atoms with Gasteiger partial charge in [-0.1, -0.05) is 0 Å². The van der Waals surface area contributed by atoms with E-state index in [1.165, 1.54) is 0 Å². The minimum absolute atomic E-state index is 0.112. The minimum atomic E-state index is -3.34. The number of rotatable bonds is 1. The number of carbonyl (C=O) groups is 1. The molecule has 2 atom stereocenters. The molecule has 4 nitrogen and oxygen atoms in total. The second-order valence-electron chi connectivity index (χ2n) is 2.86. The summed E-state index contributed by atoms with van der Waals surface area (Å²) in [6.07, 6.45) is -1.86. The number of sulfone groups is 1. The summed E-state index contributed by atoms with van der Waals surface area (Å²) in [7, 11) is -3.34. The molecule has 6 heteroatoms. The van der Waals surface area contributed by atoms with Crippen molar-refractivity contribution in [3.63, 3.8) is 0 Å². The van der Waals surface area contributed by atoms with Gasteiger partial charge >= 0.3 is 5.97 Å². The van der Waals surface area contributed by atoms with Crippen molar-refractivity contribution in [3.8, 4) is 0 Å². The van der Waals surface area contributed by atoms with E-state index in [1.54, 1.807) is 0 Å². The Kier molecular flexibility index (Phi) is 2.36. The number of halogens is 1. The smallest absolute Gasteiger partial charge is 0.309 e. The Labute approximate surface area is 69.3 Å². The highest BCUT2D eigenvalue weighted by Crippen LogP contribution is 2.22. The van der Waals surface area contributed by atoms with Crippen LogP contribution in [-0.4, -0.2) is 37.2 Å². The number of carboxylic acid groups (broad SMARTS) is 1. The summed E-state index contributed by atoms with van der Waals surface area (Å²) in [4.78, 5) is 10.3. The molecule has 0 aromatic heterocycles. The fraction of sp³-hybridized carbons (Fsp3) is 0.833. The summed E-state index contributed by atoms with van der Waals surface area (Å²) in [6, 6.07) is 0. The molecule has 0 aliphatic carbocycles. The zero-order chi connectivity index (χ0) is 9.35. The van der Waals surface area contributed by atoms with E-state index >= 15 is 0 Å². The van der Waals surface area contributed by atoms with Crippen molar-refractivity contribution >= 4 is 15.8 Å². The maximum absolute atomic E-state index is 12.8. The second-order valence-corrected chi connectivity index (χ2v) is 5.09. The molecule has 0 aromatic carbocycles. The third kappa shape index (κ3) is 1.94. The van der Waals surface area contributed by atoms with Crippen LogP contribution in [0.4, 0.5) is 4.39 Å². The van der Waals surface area contributed by atoms with Gasteiger partial charge in [0.15, 0.2) is 9.84 Å². The van der Waals surface area contributed by atoms with Crippen LogP contribution in [0.25, 0.3) is 0 Å². The molecule has 1 fully saturated rings. The van der Waals surface area contributed by atoms with Crippen molar-refractivity contribution < 1.29 is 22.7 Å². The zero-order valence-corrected chi connectivity index (χ0v) is 7.05. The Morgan fingerprint density at radius 3 is 2.50 bits per heavy atom. The van der Waals surface area contributed by atoms with E-state index in [-0.39, 0.29) is 12.2 Å². The fourth-order valence-corrected chi connectivity index (χ4v) is 2.70. The molecule has 1 saturated heterocycles. The highest BCUT2D eigenvalue weighted by atomic mass is 32.2. The summed E-state index contributed by atoms with van der Waals surface area (Å²) >= 11 is 0. The Balaban J connectivity index is 2.72. The van der Waals surface area contributed by atoms with Gasteiger partial charge in [0, 0.05) is 0 Å². The molecular weight excluding hydrogens is 187 g/mol. The van der Waals surface area contributed by atoms with E-state index < -0.39 is 33.6 Å². The van der Waals surface area contributed by atoms with E-state index in [0.29, 0.717) is 0 Å². The average Bonchev–Trinajstić information content (AvgIpc) is 1.83. The predicted molar refractivity (Wildman–Crippen MR) is 39.3 cm³/mol. The van der Waals surface area contributed by atoms with Crippen LogP contribution >= 0.6 is 0 Å². The van der Waals surface area contributed by atoms with Gasteiger partial charge in [0.25, 0.3) is 0 Å². The van der Waals surface area contributed by atoms with E-state index in [0.717, 1.165) is 0 Å². The summed E-state index contributed by atoms with van der Waals surface area (Å²) in [5, 5.41) is 8.44. The monoisotopic (exact) mass is 196 g/mol. The summed E-state index contributed by atoms with van der Waals surface area (Å²) < 4.78 is 34.4. The van der Waals surface area contributed by atoms with Crippen LogP contribution in [-0.2, 0) is 14.6 Å². The van der Waals surface area contributed by atoms with Crippen molar-refractivity contribution in [2.24, 2.45) is 5.92 Å². The molecule has 1 heterocycles. The maximum atomic E-state index is 12.8. The zero-order valence-electron chi connectivity index (χ0n) is 6.23. The molecule has 0 spiro atoms. The van der Waals surface area contributed by atoms with Crippen LogP contribution in [0.2, 0.25) is 0 Å². The van der Waals surface area contributed by atoms with Crippen LogP contribution in [0.15, 0.2) is 0 Å². The third-order valence-corrected chi connectivity index (χ3v) is 3.59. The molecule has 0 aromatic rings. The molecule has 1 rings (SSSR count). The van der Waals surface area contributed by atoms with Crippen molar-refractivity contribution in [1.29, 1.82) is 0 Å². The van der Waals surface area contributed by atoms with Gasteiger partial charge in [-0.15, -0.1) is 0 Å². The molecule has 1 N–H and O–H groups in total. The van der Waals surface area contributed by atoms with Gasteiger partial charge in [-0.3, -0.25) is 4.79 Å². The van der Waals surface area contributed by atoms with Gasteiger partial charge in [-0.25, -0.2) is 12.8 Å². The van der Waals surface area contributed by atoms with Crippen molar-refractivity contribution in [3.05, 3.63) is 0 Å². The van der Waals surface area contributed by atoms with Crippen molar-refractivity contribution in [2.45, 2.75) is 12.6 Å². The average molecular weight is 196 g/mol. The van der Waals surface area contributed by atoms with E-state index in [2.05, 4.69) is 0 Å². The Hall–Kier alpha value is -0.650. The molecule has 1 aliphatic heterocycles. The van der Waals surface area contributed by atoms with E-state index in [9.17, 15) is 17.6 Å². The normalized spacial score (nSPS) is 34.4.